The third-order valence-corrected chi connectivity index (χ3v) is 4.84. The van der Waals surface area contributed by atoms with Crippen molar-refractivity contribution >= 4 is 26.8 Å². The number of imidazole rings is 1. The first kappa shape index (κ1) is 16.2. The molecule has 3 aromatic rings. The predicted molar refractivity (Wildman–Crippen MR) is 91.5 cm³/mol. The number of benzene rings is 2. The lowest BCUT2D eigenvalue weighted by atomic mass is 10.2. The molecule has 6 nitrogen and oxygen atoms in total. The maximum absolute atomic E-state index is 12.3. The summed E-state index contributed by atoms with van der Waals surface area (Å²) in [4.78, 5) is 20.1. The van der Waals surface area contributed by atoms with Crippen molar-refractivity contribution in [2.75, 3.05) is 6.26 Å². The summed E-state index contributed by atoms with van der Waals surface area (Å²) in [6.07, 6.45) is 1.13. The zero-order valence-corrected chi connectivity index (χ0v) is 14.1. The summed E-state index contributed by atoms with van der Waals surface area (Å²) < 4.78 is 22.9. The zero-order chi connectivity index (χ0) is 17.3. The summed E-state index contributed by atoms with van der Waals surface area (Å²) in [5, 5.41) is 2.85. The summed E-state index contributed by atoms with van der Waals surface area (Å²) in [5.74, 6) is 0.375. The van der Waals surface area contributed by atoms with Crippen LogP contribution in [0.25, 0.3) is 11.0 Å². The Morgan fingerprint density at radius 1 is 1.12 bits per heavy atom. The van der Waals surface area contributed by atoms with Crippen molar-refractivity contribution in [2.45, 2.75) is 17.9 Å². The van der Waals surface area contributed by atoms with E-state index in [4.69, 9.17) is 0 Å². The van der Waals surface area contributed by atoms with Crippen molar-refractivity contribution < 1.29 is 13.2 Å². The number of aromatic nitrogens is 2. The van der Waals surface area contributed by atoms with Gasteiger partial charge < -0.3 is 10.3 Å². The molecule has 7 heteroatoms. The number of aromatic amines is 1. The second kappa shape index (κ2) is 6.09. The average Bonchev–Trinajstić information content (AvgIpc) is 2.98. The number of para-hydroxylation sites is 2. The van der Waals surface area contributed by atoms with Gasteiger partial charge in [0.2, 0.25) is 0 Å². The van der Waals surface area contributed by atoms with Crippen LogP contribution in [0.5, 0.6) is 0 Å². The van der Waals surface area contributed by atoms with E-state index in [9.17, 15) is 13.2 Å². The summed E-state index contributed by atoms with van der Waals surface area (Å²) in [6.45, 7) is 1.83. The topological polar surface area (TPSA) is 91.9 Å². The second-order valence-electron chi connectivity index (χ2n) is 5.63. The lowest BCUT2D eigenvalue weighted by Crippen LogP contribution is -2.27. The van der Waals surface area contributed by atoms with Gasteiger partial charge in [-0.3, -0.25) is 4.79 Å². The maximum atomic E-state index is 12.3. The molecule has 2 aromatic carbocycles. The van der Waals surface area contributed by atoms with Crippen molar-refractivity contribution in [2.24, 2.45) is 0 Å². The number of hydrogen-bond donors (Lipinski definition) is 2. The van der Waals surface area contributed by atoms with E-state index >= 15 is 0 Å². The Hall–Kier alpha value is -2.67. The van der Waals surface area contributed by atoms with Crippen LogP contribution in [0.3, 0.4) is 0 Å². The highest BCUT2D eigenvalue weighted by molar-refractivity contribution is 7.90. The third kappa shape index (κ3) is 3.30. The van der Waals surface area contributed by atoms with E-state index in [1.807, 2.05) is 31.2 Å². The van der Waals surface area contributed by atoms with Crippen LogP contribution in [0, 0.1) is 0 Å². The van der Waals surface area contributed by atoms with Gasteiger partial charge in [0.25, 0.3) is 5.91 Å². The molecular weight excluding hydrogens is 326 g/mol. The number of fused-ring (bicyclic) bond motifs is 1. The number of sulfone groups is 1. The first-order chi connectivity index (χ1) is 11.3. The summed E-state index contributed by atoms with van der Waals surface area (Å²) >= 11 is 0. The smallest absolute Gasteiger partial charge is 0.251 e. The summed E-state index contributed by atoms with van der Waals surface area (Å²) in [6, 6.07) is 13.2. The molecular formula is C17H17N3O3S. The van der Waals surface area contributed by atoms with Crippen LogP contribution in [0.15, 0.2) is 53.4 Å². The monoisotopic (exact) mass is 343 g/mol. The summed E-state index contributed by atoms with van der Waals surface area (Å²) in [5.41, 5.74) is 2.14. The number of amides is 1. The molecule has 124 valence electrons. The molecule has 0 spiro atoms. The standard InChI is InChI=1S/C17H17N3O3S/c1-11(16-19-14-5-3-4-6-15(14)20-16)18-17(21)12-7-9-13(10-8-12)24(2,22)23/h3-11H,1-2H3,(H,18,21)(H,19,20)/t11-/m0/s1. The van der Waals surface area contributed by atoms with E-state index in [0.29, 0.717) is 11.4 Å². The molecule has 1 atom stereocenters. The Balaban J connectivity index is 1.76. The lowest BCUT2D eigenvalue weighted by Gasteiger charge is -2.11. The molecule has 24 heavy (non-hydrogen) atoms. The van der Waals surface area contributed by atoms with Crippen LogP contribution in [0.4, 0.5) is 0 Å². The minimum absolute atomic E-state index is 0.185. The van der Waals surface area contributed by atoms with E-state index in [1.165, 1.54) is 24.3 Å². The predicted octanol–water partition coefficient (Wildman–Crippen LogP) is 2.46. The molecule has 0 radical (unpaired) electrons. The summed E-state index contributed by atoms with van der Waals surface area (Å²) in [7, 11) is -3.27. The number of rotatable bonds is 4. The Morgan fingerprint density at radius 2 is 1.79 bits per heavy atom. The number of hydrogen-bond acceptors (Lipinski definition) is 4. The minimum Gasteiger partial charge on any atom is -0.342 e. The third-order valence-electron chi connectivity index (χ3n) is 3.71. The molecule has 1 aromatic heterocycles. The number of H-pyrrole nitrogens is 1. The average molecular weight is 343 g/mol. The molecule has 0 aliphatic rings. The quantitative estimate of drug-likeness (QED) is 0.761. The van der Waals surface area contributed by atoms with Crippen LogP contribution >= 0.6 is 0 Å². The number of nitrogens with one attached hydrogen (secondary N) is 2. The van der Waals surface area contributed by atoms with Crippen molar-refractivity contribution in [3.8, 4) is 0 Å². The fourth-order valence-corrected chi connectivity index (χ4v) is 3.01. The normalized spacial score (nSPS) is 12.9. The van der Waals surface area contributed by atoms with Gasteiger partial charge in [-0.25, -0.2) is 13.4 Å². The number of nitrogens with zero attached hydrogens (tertiary/aromatic N) is 1. The van der Waals surface area contributed by atoms with E-state index < -0.39 is 9.84 Å². The van der Waals surface area contributed by atoms with E-state index in [-0.39, 0.29) is 16.8 Å². The molecule has 0 fully saturated rings. The molecule has 0 aliphatic carbocycles. The first-order valence-corrected chi connectivity index (χ1v) is 9.29. The Kier molecular flexibility index (Phi) is 4.11. The van der Waals surface area contributed by atoms with E-state index in [2.05, 4.69) is 15.3 Å². The molecule has 1 heterocycles. The van der Waals surface area contributed by atoms with Crippen LogP contribution in [0.1, 0.15) is 29.1 Å². The lowest BCUT2D eigenvalue weighted by molar-refractivity contribution is 0.0938. The van der Waals surface area contributed by atoms with Gasteiger partial charge in [-0.15, -0.1) is 0 Å². The highest BCUT2D eigenvalue weighted by Crippen LogP contribution is 2.16. The van der Waals surface area contributed by atoms with Crippen molar-refractivity contribution in [1.82, 2.24) is 15.3 Å². The Labute approximate surface area is 139 Å². The molecule has 3 rings (SSSR count). The first-order valence-electron chi connectivity index (χ1n) is 7.40. The van der Waals surface area contributed by atoms with Crippen LogP contribution in [0.2, 0.25) is 0 Å². The van der Waals surface area contributed by atoms with Gasteiger partial charge >= 0.3 is 0 Å². The van der Waals surface area contributed by atoms with Gasteiger partial charge in [0, 0.05) is 11.8 Å². The minimum atomic E-state index is -3.27. The molecule has 1 amide bonds. The highest BCUT2D eigenvalue weighted by Gasteiger charge is 2.15. The van der Waals surface area contributed by atoms with Gasteiger partial charge in [0.15, 0.2) is 9.84 Å². The van der Waals surface area contributed by atoms with Crippen molar-refractivity contribution in [3.05, 3.63) is 59.9 Å². The molecule has 0 bridgehead atoms. The van der Waals surface area contributed by atoms with Gasteiger partial charge in [0.05, 0.1) is 22.0 Å². The SMILES string of the molecule is C[C@H](NC(=O)c1ccc(S(C)(=O)=O)cc1)c1nc2ccccc2[nH]1. The van der Waals surface area contributed by atoms with Gasteiger partial charge in [-0.05, 0) is 43.3 Å². The highest BCUT2D eigenvalue weighted by atomic mass is 32.2. The van der Waals surface area contributed by atoms with Crippen LogP contribution < -0.4 is 5.32 Å². The molecule has 0 saturated heterocycles. The fraction of sp³-hybridized carbons (Fsp3) is 0.176. The van der Waals surface area contributed by atoms with Gasteiger partial charge in [0.1, 0.15) is 5.82 Å². The Bertz CT molecular complexity index is 958. The fourth-order valence-electron chi connectivity index (χ4n) is 2.38. The number of carbonyl (C=O) groups excluding carboxylic acids is 1. The molecule has 0 unspecified atom stereocenters. The second-order valence-corrected chi connectivity index (χ2v) is 7.65. The maximum Gasteiger partial charge on any atom is 0.251 e. The molecule has 0 saturated carbocycles. The van der Waals surface area contributed by atoms with E-state index in [0.717, 1.165) is 17.3 Å². The Morgan fingerprint density at radius 3 is 2.42 bits per heavy atom. The van der Waals surface area contributed by atoms with Gasteiger partial charge in [-0.2, -0.15) is 0 Å². The largest absolute Gasteiger partial charge is 0.342 e. The van der Waals surface area contributed by atoms with Crippen LogP contribution in [-0.2, 0) is 9.84 Å². The van der Waals surface area contributed by atoms with Crippen LogP contribution in [-0.4, -0.2) is 30.5 Å². The molecule has 2 N–H and O–H groups in total. The zero-order valence-electron chi connectivity index (χ0n) is 13.3. The van der Waals surface area contributed by atoms with Crippen molar-refractivity contribution in [1.29, 1.82) is 0 Å². The molecule has 0 aliphatic heterocycles. The van der Waals surface area contributed by atoms with E-state index in [1.54, 1.807) is 0 Å². The number of carbonyl (C=O) groups is 1. The van der Waals surface area contributed by atoms with Crippen molar-refractivity contribution in [3.63, 3.8) is 0 Å². The van der Waals surface area contributed by atoms with Gasteiger partial charge in [-0.1, -0.05) is 12.1 Å².